The molecule has 2 heterocycles. The topological polar surface area (TPSA) is 128 Å². The summed E-state index contributed by atoms with van der Waals surface area (Å²) in [4.78, 5) is 66.0. The second-order valence-electron chi connectivity index (χ2n) is 8.90. The number of hydrazine groups is 1. The Morgan fingerprint density at radius 1 is 0.703 bits per heavy atom. The number of carbonyl (C=O) groups excluding carboxylic acids is 5. The molecule has 7 amide bonds. The molecular formula is C27H23N5O5. The van der Waals surface area contributed by atoms with E-state index in [1.54, 1.807) is 91.0 Å². The second-order valence-corrected chi connectivity index (χ2v) is 8.90. The summed E-state index contributed by atoms with van der Waals surface area (Å²) in [6, 6.07) is 24.4. The third-order valence-electron chi connectivity index (χ3n) is 6.60. The van der Waals surface area contributed by atoms with Crippen molar-refractivity contribution in [3.8, 4) is 0 Å². The predicted octanol–water partition coefficient (Wildman–Crippen LogP) is 1.98. The largest absolute Gasteiger partial charge is 0.344 e. The van der Waals surface area contributed by atoms with Gasteiger partial charge in [0.1, 0.15) is 12.1 Å². The maximum absolute atomic E-state index is 13.7. The number of hydrogen-bond donors (Lipinski definition) is 3. The van der Waals surface area contributed by atoms with Crippen LogP contribution < -0.4 is 16.1 Å². The van der Waals surface area contributed by atoms with Crippen LogP contribution in [0.15, 0.2) is 91.0 Å². The molecule has 0 saturated carbocycles. The van der Waals surface area contributed by atoms with Crippen molar-refractivity contribution in [3.63, 3.8) is 0 Å². The lowest BCUT2D eigenvalue weighted by Crippen LogP contribution is -2.52. The zero-order valence-electron chi connectivity index (χ0n) is 19.8. The van der Waals surface area contributed by atoms with E-state index in [0.717, 1.165) is 4.90 Å². The minimum Gasteiger partial charge on any atom is -0.318 e. The van der Waals surface area contributed by atoms with Crippen molar-refractivity contribution in [2.45, 2.75) is 18.0 Å². The van der Waals surface area contributed by atoms with Gasteiger partial charge in [-0.05, 0) is 23.6 Å². The number of urea groups is 2. The molecule has 5 rings (SSSR count). The summed E-state index contributed by atoms with van der Waals surface area (Å²) >= 11 is 0. The van der Waals surface area contributed by atoms with Crippen molar-refractivity contribution in [2.24, 2.45) is 0 Å². The quantitative estimate of drug-likeness (QED) is 0.449. The van der Waals surface area contributed by atoms with Crippen LogP contribution in [0.2, 0.25) is 0 Å². The summed E-state index contributed by atoms with van der Waals surface area (Å²) in [5.74, 6) is -2.24. The summed E-state index contributed by atoms with van der Waals surface area (Å²) in [6.07, 6.45) is 0. The molecule has 10 heteroatoms. The van der Waals surface area contributed by atoms with Gasteiger partial charge in [0, 0.05) is 0 Å². The average Bonchev–Trinajstić information content (AvgIpc) is 3.30. The Kier molecular flexibility index (Phi) is 5.71. The maximum atomic E-state index is 13.7. The number of nitrogens with one attached hydrogen (secondary N) is 3. The number of amides is 7. The Morgan fingerprint density at radius 2 is 1.19 bits per heavy atom. The standard InChI is InChI=1S/C27H23N5O5/c1-26(18-11-5-2-6-12-18)22(34)32(25(37)28-26)30-21(33)17-31-23(35)27(29-24(31)36,19-13-7-3-8-14-19)20-15-9-4-10-16-20/h2-16H,17H2,1H3,(H,28,37)(H,29,36)(H,30,33). The Labute approximate surface area is 212 Å². The first-order chi connectivity index (χ1) is 17.8. The highest BCUT2D eigenvalue weighted by Crippen LogP contribution is 2.36. The fourth-order valence-electron chi connectivity index (χ4n) is 4.67. The molecule has 37 heavy (non-hydrogen) atoms. The molecule has 2 fully saturated rings. The number of imide groups is 2. The minimum atomic E-state index is -1.54. The van der Waals surface area contributed by atoms with Crippen LogP contribution in [0.5, 0.6) is 0 Å². The zero-order chi connectivity index (χ0) is 26.2. The van der Waals surface area contributed by atoms with Gasteiger partial charge in [0.15, 0.2) is 5.54 Å². The number of nitrogens with zero attached hydrogens (tertiary/aromatic N) is 2. The van der Waals surface area contributed by atoms with Crippen LogP contribution >= 0.6 is 0 Å². The third kappa shape index (κ3) is 3.79. The van der Waals surface area contributed by atoms with Crippen LogP contribution in [0.25, 0.3) is 0 Å². The van der Waals surface area contributed by atoms with Crippen molar-refractivity contribution in [3.05, 3.63) is 108 Å². The molecule has 10 nitrogen and oxygen atoms in total. The van der Waals surface area contributed by atoms with Crippen molar-refractivity contribution >= 4 is 29.8 Å². The first-order valence-corrected chi connectivity index (χ1v) is 11.5. The van der Waals surface area contributed by atoms with Gasteiger partial charge in [0.25, 0.3) is 17.7 Å². The Morgan fingerprint density at radius 3 is 1.70 bits per heavy atom. The molecule has 3 aromatic rings. The molecule has 186 valence electrons. The Hall–Kier alpha value is -4.99. The lowest BCUT2D eigenvalue weighted by atomic mass is 9.82. The van der Waals surface area contributed by atoms with Crippen LogP contribution in [0.3, 0.4) is 0 Å². The third-order valence-corrected chi connectivity index (χ3v) is 6.60. The molecule has 3 aromatic carbocycles. The number of benzene rings is 3. The SMILES string of the molecule is CC1(c2ccccc2)NC(=O)N(NC(=O)CN2C(=O)NC(c3ccccc3)(c3ccccc3)C2=O)C1=O. The first kappa shape index (κ1) is 23.7. The summed E-state index contributed by atoms with van der Waals surface area (Å²) < 4.78 is 0. The van der Waals surface area contributed by atoms with E-state index in [1.165, 1.54) is 6.92 Å². The van der Waals surface area contributed by atoms with Crippen molar-refractivity contribution < 1.29 is 24.0 Å². The molecule has 2 aliphatic heterocycles. The van der Waals surface area contributed by atoms with Crippen molar-refractivity contribution in [1.29, 1.82) is 0 Å². The molecule has 2 aliphatic rings. The van der Waals surface area contributed by atoms with E-state index in [4.69, 9.17) is 0 Å². The number of carbonyl (C=O) groups is 5. The fraction of sp³-hybridized carbons (Fsp3) is 0.148. The van der Waals surface area contributed by atoms with Gasteiger partial charge in [-0.3, -0.25) is 24.7 Å². The average molecular weight is 498 g/mol. The summed E-state index contributed by atoms with van der Waals surface area (Å²) in [7, 11) is 0. The van der Waals surface area contributed by atoms with Gasteiger partial charge in [0.2, 0.25) is 0 Å². The van der Waals surface area contributed by atoms with E-state index in [2.05, 4.69) is 16.1 Å². The molecule has 1 unspecified atom stereocenters. The molecule has 0 bridgehead atoms. The van der Waals surface area contributed by atoms with E-state index in [-0.39, 0.29) is 0 Å². The number of hydrogen-bond acceptors (Lipinski definition) is 5. The molecule has 0 aliphatic carbocycles. The Balaban J connectivity index is 1.38. The van der Waals surface area contributed by atoms with Crippen LogP contribution in [0, 0.1) is 0 Å². The lowest BCUT2D eigenvalue weighted by Gasteiger charge is -2.28. The smallest absolute Gasteiger partial charge is 0.318 e. The van der Waals surface area contributed by atoms with Gasteiger partial charge in [0.05, 0.1) is 0 Å². The van der Waals surface area contributed by atoms with E-state index < -0.39 is 47.4 Å². The van der Waals surface area contributed by atoms with E-state index in [1.807, 2.05) is 0 Å². The highest BCUT2D eigenvalue weighted by molar-refractivity contribution is 6.12. The molecule has 0 radical (unpaired) electrons. The van der Waals surface area contributed by atoms with Gasteiger partial charge >= 0.3 is 12.1 Å². The summed E-state index contributed by atoms with van der Waals surface area (Å²) in [5, 5.41) is 5.90. The van der Waals surface area contributed by atoms with E-state index in [0.29, 0.717) is 21.7 Å². The fourth-order valence-corrected chi connectivity index (χ4v) is 4.67. The van der Waals surface area contributed by atoms with E-state index in [9.17, 15) is 24.0 Å². The highest BCUT2D eigenvalue weighted by atomic mass is 16.2. The molecule has 1 atom stereocenters. The second kappa shape index (κ2) is 8.90. The van der Waals surface area contributed by atoms with Crippen LogP contribution in [0.4, 0.5) is 9.59 Å². The lowest BCUT2D eigenvalue weighted by molar-refractivity contribution is -0.140. The van der Waals surface area contributed by atoms with E-state index >= 15 is 0 Å². The molecule has 2 saturated heterocycles. The summed E-state index contributed by atoms with van der Waals surface area (Å²) in [5.41, 5.74) is 0.899. The van der Waals surface area contributed by atoms with Gasteiger partial charge in [-0.15, -0.1) is 0 Å². The first-order valence-electron chi connectivity index (χ1n) is 11.5. The van der Waals surface area contributed by atoms with Gasteiger partial charge in [-0.2, -0.15) is 5.01 Å². The molecule has 0 spiro atoms. The van der Waals surface area contributed by atoms with Crippen molar-refractivity contribution in [1.82, 2.24) is 26.0 Å². The summed E-state index contributed by atoms with van der Waals surface area (Å²) in [6.45, 7) is 0.825. The minimum absolute atomic E-state index is 0.523. The monoisotopic (exact) mass is 497 g/mol. The normalized spacial score (nSPS) is 20.6. The predicted molar refractivity (Wildman–Crippen MR) is 131 cm³/mol. The number of rotatable bonds is 6. The molecular weight excluding hydrogens is 474 g/mol. The van der Waals surface area contributed by atoms with Gasteiger partial charge in [-0.1, -0.05) is 91.0 Å². The van der Waals surface area contributed by atoms with Crippen LogP contribution in [-0.4, -0.2) is 46.2 Å². The zero-order valence-corrected chi connectivity index (χ0v) is 19.8. The highest BCUT2D eigenvalue weighted by Gasteiger charge is 2.55. The van der Waals surface area contributed by atoms with Gasteiger partial charge in [-0.25, -0.2) is 9.59 Å². The molecule has 0 aromatic heterocycles. The van der Waals surface area contributed by atoms with Gasteiger partial charge < -0.3 is 10.6 Å². The van der Waals surface area contributed by atoms with Crippen LogP contribution in [0.1, 0.15) is 23.6 Å². The van der Waals surface area contributed by atoms with Crippen molar-refractivity contribution in [2.75, 3.05) is 6.54 Å². The molecule has 3 N–H and O–H groups in total. The van der Waals surface area contributed by atoms with Crippen LogP contribution in [-0.2, 0) is 25.5 Å². The Bertz CT molecular complexity index is 1360. The maximum Gasteiger partial charge on any atom is 0.344 e.